The van der Waals surface area contributed by atoms with Crippen LogP contribution < -0.4 is 4.74 Å². The maximum Gasteiger partial charge on any atom is 0.345 e. The predicted molar refractivity (Wildman–Crippen MR) is 83.0 cm³/mol. The van der Waals surface area contributed by atoms with Crippen LogP contribution in [-0.2, 0) is 17.6 Å². The normalized spacial score (nSPS) is 11.9. The SMILES string of the molecule is CCc1ccccc1CC(Oc1cccc(Cl)c1)C(=O)O. The van der Waals surface area contributed by atoms with Crippen molar-refractivity contribution in [3.63, 3.8) is 0 Å². The molecule has 3 nitrogen and oxygen atoms in total. The van der Waals surface area contributed by atoms with Crippen molar-refractivity contribution >= 4 is 17.6 Å². The van der Waals surface area contributed by atoms with Gasteiger partial charge in [-0.25, -0.2) is 4.79 Å². The second-order valence-corrected chi connectivity index (χ2v) is 5.16. The molecule has 1 atom stereocenters. The van der Waals surface area contributed by atoms with E-state index in [-0.39, 0.29) is 0 Å². The molecule has 2 aromatic carbocycles. The first-order valence-corrected chi connectivity index (χ1v) is 7.19. The van der Waals surface area contributed by atoms with E-state index in [9.17, 15) is 9.90 Å². The van der Waals surface area contributed by atoms with Crippen molar-refractivity contribution in [3.05, 3.63) is 64.7 Å². The van der Waals surface area contributed by atoms with Crippen LogP contribution >= 0.6 is 11.6 Å². The van der Waals surface area contributed by atoms with Gasteiger partial charge in [-0.05, 0) is 35.7 Å². The summed E-state index contributed by atoms with van der Waals surface area (Å²) in [7, 11) is 0. The molecule has 0 saturated heterocycles. The summed E-state index contributed by atoms with van der Waals surface area (Å²) >= 11 is 5.89. The molecule has 0 aromatic heterocycles. The molecule has 0 aliphatic carbocycles. The van der Waals surface area contributed by atoms with Crippen LogP contribution in [0.15, 0.2) is 48.5 Å². The Morgan fingerprint density at radius 2 is 1.90 bits per heavy atom. The van der Waals surface area contributed by atoms with Crippen molar-refractivity contribution in [1.29, 1.82) is 0 Å². The molecule has 0 radical (unpaired) electrons. The molecule has 0 spiro atoms. The quantitative estimate of drug-likeness (QED) is 0.878. The van der Waals surface area contributed by atoms with Gasteiger partial charge in [-0.1, -0.05) is 48.9 Å². The third-order valence-electron chi connectivity index (χ3n) is 3.25. The molecular formula is C17H17ClO3. The fraction of sp³-hybridized carbons (Fsp3) is 0.235. The second kappa shape index (κ2) is 7.14. The Labute approximate surface area is 129 Å². The number of carboxylic acids is 1. The zero-order valence-corrected chi connectivity index (χ0v) is 12.5. The average molecular weight is 305 g/mol. The first kappa shape index (κ1) is 15.4. The van der Waals surface area contributed by atoms with Gasteiger partial charge in [0.15, 0.2) is 6.10 Å². The van der Waals surface area contributed by atoms with Gasteiger partial charge in [0.2, 0.25) is 0 Å². The van der Waals surface area contributed by atoms with Gasteiger partial charge in [0.05, 0.1) is 0 Å². The minimum Gasteiger partial charge on any atom is -0.478 e. The summed E-state index contributed by atoms with van der Waals surface area (Å²) in [5, 5.41) is 9.89. The number of hydrogen-bond donors (Lipinski definition) is 1. The number of ether oxygens (including phenoxy) is 1. The molecule has 4 heteroatoms. The summed E-state index contributed by atoms with van der Waals surface area (Å²) in [5.74, 6) is -0.523. The highest BCUT2D eigenvalue weighted by molar-refractivity contribution is 6.30. The van der Waals surface area contributed by atoms with Crippen molar-refractivity contribution in [1.82, 2.24) is 0 Å². The summed E-state index contributed by atoms with van der Waals surface area (Å²) in [6.07, 6.45) is 0.252. The van der Waals surface area contributed by atoms with Gasteiger partial charge in [0, 0.05) is 11.4 Å². The molecule has 110 valence electrons. The monoisotopic (exact) mass is 304 g/mol. The number of carbonyl (C=O) groups is 1. The molecular weight excluding hydrogens is 288 g/mol. The zero-order valence-electron chi connectivity index (χ0n) is 11.8. The molecule has 0 bridgehead atoms. The molecule has 0 fully saturated rings. The van der Waals surface area contributed by atoms with E-state index >= 15 is 0 Å². The van der Waals surface area contributed by atoms with E-state index in [2.05, 4.69) is 0 Å². The molecule has 21 heavy (non-hydrogen) atoms. The van der Waals surface area contributed by atoms with Crippen LogP contribution in [0.2, 0.25) is 5.02 Å². The molecule has 2 aromatic rings. The number of carboxylic acid groups (broad SMARTS) is 1. The van der Waals surface area contributed by atoms with Crippen molar-refractivity contribution < 1.29 is 14.6 Å². The highest BCUT2D eigenvalue weighted by Crippen LogP contribution is 2.20. The standard InChI is InChI=1S/C17H17ClO3/c1-2-12-6-3-4-7-13(12)10-16(17(19)20)21-15-9-5-8-14(18)11-15/h3-9,11,16H,2,10H2,1H3,(H,19,20). The minimum absolute atomic E-state index is 0.325. The fourth-order valence-corrected chi connectivity index (χ4v) is 2.37. The summed E-state index contributed by atoms with van der Waals surface area (Å²) in [4.78, 5) is 11.4. The van der Waals surface area contributed by atoms with Crippen molar-refractivity contribution in [3.8, 4) is 5.75 Å². The molecule has 0 aliphatic heterocycles. The highest BCUT2D eigenvalue weighted by atomic mass is 35.5. The van der Waals surface area contributed by atoms with E-state index in [4.69, 9.17) is 16.3 Å². The van der Waals surface area contributed by atoms with Crippen LogP contribution in [0.4, 0.5) is 0 Å². The molecule has 2 rings (SSSR count). The first-order chi connectivity index (χ1) is 10.1. The van der Waals surface area contributed by atoms with Crippen molar-refractivity contribution in [2.75, 3.05) is 0 Å². The van der Waals surface area contributed by atoms with Crippen molar-refractivity contribution in [2.24, 2.45) is 0 Å². The Morgan fingerprint density at radius 1 is 1.19 bits per heavy atom. The lowest BCUT2D eigenvalue weighted by Gasteiger charge is -2.17. The van der Waals surface area contributed by atoms with E-state index in [0.29, 0.717) is 17.2 Å². The largest absolute Gasteiger partial charge is 0.478 e. The third kappa shape index (κ3) is 4.23. The Kier molecular flexibility index (Phi) is 5.23. The number of benzene rings is 2. The van der Waals surface area contributed by atoms with Gasteiger partial charge in [-0.3, -0.25) is 0 Å². The lowest BCUT2D eigenvalue weighted by atomic mass is 10.00. The summed E-state index contributed by atoms with van der Waals surface area (Å²) < 4.78 is 5.58. The van der Waals surface area contributed by atoms with Gasteiger partial charge in [-0.15, -0.1) is 0 Å². The van der Waals surface area contributed by atoms with E-state index in [0.717, 1.165) is 17.5 Å². The molecule has 0 saturated carbocycles. The molecule has 0 heterocycles. The van der Waals surface area contributed by atoms with Crippen molar-refractivity contribution in [2.45, 2.75) is 25.9 Å². The first-order valence-electron chi connectivity index (χ1n) is 6.82. The van der Waals surface area contributed by atoms with Gasteiger partial charge >= 0.3 is 5.97 Å². The molecule has 0 amide bonds. The van der Waals surface area contributed by atoms with Crippen LogP contribution in [0, 0.1) is 0 Å². The predicted octanol–water partition coefficient (Wildman–Crippen LogP) is 3.98. The second-order valence-electron chi connectivity index (χ2n) is 4.73. The maximum atomic E-state index is 11.4. The number of aliphatic carboxylic acids is 1. The Hall–Kier alpha value is -2.00. The maximum absolute atomic E-state index is 11.4. The van der Waals surface area contributed by atoms with E-state index in [1.165, 1.54) is 0 Å². The van der Waals surface area contributed by atoms with Crippen LogP contribution in [-0.4, -0.2) is 17.2 Å². The summed E-state index contributed by atoms with van der Waals surface area (Å²) in [6.45, 7) is 2.05. The van der Waals surface area contributed by atoms with Gasteiger partial charge in [-0.2, -0.15) is 0 Å². The Morgan fingerprint density at radius 3 is 2.52 bits per heavy atom. The zero-order chi connectivity index (χ0) is 15.2. The van der Waals surface area contributed by atoms with Crippen LogP contribution in [0.5, 0.6) is 5.75 Å². The van der Waals surface area contributed by atoms with Gasteiger partial charge < -0.3 is 9.84 Å². The van der Waals surface area contributed by atoms with E-state index in [1.807, 2.05) is 31.2 Å². The fourth-order valence-electron chi connectivity index (χ4n) is 2.19. The number of halogens is 1. The van der Waals surface area contributed by atoms with Gasteiger partial charge in [0.25, 0.3) is 0 Å². The highest BCUT2D eigenvalue weighted by Gasteiger charge is 2.21. The minimum atomic E-state index is -0.985. The number of rotatable bonds is 6. The van der Waals surface area contributed by atoms with Crippen LogP contribution in [0.3, 0.4) is 0 Å². The summed E-state index contributed by atoms with van der Waals surface area (Å²) in [5.41, 5.74) is 2.13. The molecule has 1 unspecified atom stereocenters. The van der Waals surface area contributed by atoms with Crippen LogP contribution in [0.25, 0.3) is 0 Å². The molecule has 0 aliphatic rings. The van der Waals surface area contributed by atoms with Crippen LogP contribution in [0.1, 0.15) is 18.1 Å². The Balaban J connectivity index is 2.18. The smallest absolute Gasteiger partial charge is 0.345 e. The number of hydrogen-bond acceptors (Lipinski definition) is 2. The average Bonchev–Trinajstić information content (AvgIpc) is 2.47. The Bertz CT molecular complexity index is 625. The molecule has 1 N–H and O–H groups in total. The van der Waals surface area contributed by atoms with E-state index < -0.39 is 12.1 Å². The lowest BCUT2D eigenvalue weighted by molar-refractivity contribution is -0.145. The van der Waals surface area contributed by atoms with E-state index in [1.54, 1.807) is 24.3 Å². The topological polar surface area (TPSA) is 46.5 Å². The summed E-state index contributed by atoms with van der Waals surface area (Å²) in [6, 6.07) is 14.6. The third-order valence-corrected chi connectivity index (χ3v) is 3.49. The van der Waals surface area contributed by atoms with Gasteiger partial charge in [0.1, 0.15) is 5.75 Å². The number of aryl methyl sites for hydroxylation is 1. The lowest BCUT2D eigenvalue weighted by Crippen LogP contribution is -2.29.